The topological polar surface area (TPSA) is 38.8 Å². The predicted octanol–water partition coefficient (Wildman–Crippen LogP) is 3.26. The van der Waals surface area contributed by atoms with Gasteiger partial charge in [0.1, 0.15) is 12.6 Å². The molecule has 2 aliphatic rings. The maximum atomic E-state index is 12.9. The molecule has 0 radical (unpaired) electrons. The van der Waals surface area contributed by atoms with E-state index >= 15 is 0 Å². The van der Waals surface area contributed by atoms with Crippen molar-refractivity contribution in [3.05, 3.63) is 35.6 Å². The highest BCUT2D eigenvalue weighted by Gasteiger charge is 2.42. The lowest BCUT2D eigenvalue weighted by molar-refractivity contribution is -0.236. The maximum absolute atomic E-state index is 12.9. The van der Waals surface area contributed by atoms with E-state index in [0.717, 1.165) is 45.5 Å². The highest BCUT2D eigenvalue weighted by atomic mass is 19.1. The number of piperidine rings is 1. The fourth-order valence-corrected chi connectivity index (χ4v) is 3.71. The number of ketones is 1. The summed E-state index contributed by atoms with van der Waals surface area (Å²) in [6.07, 6.45) is 3.41. The van der Waals surface area contributed by atoms with Crippen molar-refractivity contribution >= 4 is 5.78 Å². The van der Waals surface area contributed by atoms with Crippen molar-refractivity contribution in [1.29, 1.82) is 0 Å². The molecule has 0 aromatic heterocycles. The van der Waals surface area contributed by atoms with Crippen LogP contribution in [0.15, 0.2) is 24.3 Å². The molecule has 2 aliphatic heterocycles. The molecule has 1 unspecified atom stereocenters. The summed E-state index contributed by atoms with van der Waals surface area (Å²) in [6.45, 7) is 6.34. The zero-order chi connectivity index (χ0) is 17.0. The third-order valence-corrected chi connectivity index (χ3v) is 5.44. The van der Waals surface area contributed by atoms with Gasteiger partial charge in [-0.3, -0.25) is 4.79 Å². The number of ether oxygens (including phenoxy) is 2. The number of rotatable bonds is 5. The smallest absolute Gasteiger partial charge is 0.162 e. The van der Waals surface area contributed by atoms with Crippen LogP contribution in [0.25, 0.3) is 0 Å². The Morgan fingerprint density at radius 2 is 2.00 bits per heavy atom. The van der Waals surface area contributed by atoms with E-state index in [-0.39, 0.29) is 17.2 Å². The van der Waals surface area contributed by atoms with Crippen LogP contribution < -0.4 is 0 Å². The zero-order valence-electron chi connectivity index (χ0n) is 14.3. The Labute approximate surface area is 142 Å². The number of carbonyl (C=O) groups is 1. The molecule has 1 aromatic rings. The number of nitrogens with zero attached hydrogens (tertiary/aromatic N) is 1. The Kier molecular flexibility index (Phi) is 5.64. The molecule has 4 nitrogen and oxygen atoms in total. The summed E-state index contributed by atoms with van der Waals surface area (Å²) in [6, 6.07) is 5.80. The molecule has 1 aromatic carbocycles. The molecule has 1 atom stereocenters. The van der Waals surface area contributed by atoms with Crippen molar-refractivity contribution in [3.8, 4) is 0 Å². The number of likely N-dealkylation sites (tertiary alicyclic amines) is 1. The van der Waals surface area contributed by atoms with Crippen molar-refractivity contribution in [1.82, 2.24) is 4.90 Å². The van der Waals surface area contributed by atoms with Crippen LogP contribution in [-0.2, 0) is 9.47 Å². The van der Waals surface area contributed by atoms with E-state index < -0.39 is 0 Å². The fraction of sp³-hybridized carbons (Fsp3) is 0.632. The normalized spacial score (nSPS) is 24.2. The lowest BCUT2D eigenvalue weighted by Gasteiger charge is -2.47. The average molecular weight is 335 g/mol. The first-order chi connectivity index (χ1) is 11.6. The molecule has 1 spiro atoms. The van der Waals surface area contributed by atoms with Gasteiger partial charge in [-0.05, 0) is 50.1 Å². The summed E-state index contributed by atoms with van der Waals surface area (Å²) in [5.41, 5.74) is 0.581. The molecule has 5 heteroatoms. The highest BCUT2D eigenvalue weighted by molar-refractivity contribution is 5.95. The van der Waals surface area contributed by atoms with Crippen LogP contribution in [0.1, 0.15) is 43.0 Å². The zero-order valence-corrected chi connectivity index (χ0v) is 14.3. The molecular formula is C19H26FNO3. The van der Waals surface area contributed by atoms with Gasteiger partial charge in [-0.1, -0.05) is 6.92 Å². The number of Topliss-reactive ketones (excluding diaryl/α,β-unsaturated/α-hetero) is 1. The largest absolute Gasteiger partial charge is 0.355 e. The lowest BCUT2D eigenvalue weighted by atomic mass is 9.80. The van der Waals surface area contributed by atoms with E-state index in [9.17, 15) is 9.18 Å². The van der Waals surface area contributed by atoms with E-state index in [4.69, 9.17) is 9.47 Å². The second-order valence-electron chi connectivity index (χ2n) is 6.97. The van der Waals surface area contributed by atoms with E-state index in [0.29, 0.717) is 24.7 Å². The van der Waals surface area contributed by atoms with E-state index in [1.807, 2.05) is 0 Å². The van der Waals surface area contributed by atoms with E-state index in [2.05, 4.69) is 11.8 Å². The quantitative estimate of drug-likeness (QED) is 0.774. The molecule has 24 heavy (non-hydrogen) atoms. The van der Waals surface area contributed by atoms with Crippen LogP contribution in [-0.4, -0.2) is 49.3 Å². The molecule has 2 fully saturated rings. The average Bonchev–Trinajstić information content (AvgIpc) is 2.60. The first kappa shape index (κ1) is 17.5. The van der Waals surface area contributed by atoms with Crippen LogP contribution in [0.4, 0.5) is 4.39 Å². The highest BCUT2D eigenvalue weighted by Crippen LogP contribution is 2.36. The number of benzene rings is 1. The minimum atomic E-state index is -0.307. The Hall–Kier alpha value is -1.30. The van der Waals surface area contributed by atoms with Gasteiger partial charge in [0, 0.05) is 31.0 Å². The Morgan fingerprint density at radius 1 is 1.29 bits per heavy atom. The Balaban J connectivity index is 1.40. The summed E-state index contributed by atoms with van der Waals surface area (Å²) >= 11 is 0. The molecule has 132 valence electrons. The van der Waals surface area contributed by atoms with Gasteiger partial charge >= 0.3 is 0 Å². The van der Waals surface area contributed by atoms with Gasteiger partial charge < -0.3 is 14.4 Å². The molecule has 3 rings (SSSR count). The minimum absolute atomic E-state index is 0.0152. The summed E-state index contributed by atoms with van der Waals surface area (Å²) in [7, 11) is 0. The van der Waals surface area contributed by atoms with Gasteiger partial charge in [0.15, 0.2) is 5.78 Å². The molecule has 0 amide bonds. The standard InChI is InChI=1S/C19H26FNO3/c1-15-13-23-14-24-19(15)8-11-21(12-9-19)10-2-3-18(22)16-4-6-17(20)7-5-16/h4-7,15H,2-3,8-14H2,1H3. The summed E-state index contributed by atoms with van der Waals surface area (Å²) < 4.78 is 24.2. The van der Waals surface area contributed by atoms with Crippen LogP contribution in [0, 0.1) is 11.7 Å². The number of halogens is 1. The van der Waals surface area contributed by atoms with Crippen molar-refractivity contribution in [2.45, 2.75) is 38.2 Å². The van der Waals surface area contributed by atoms with Gasteiger partial charge in [0.05, 0.1) is 12.2 Å². The number of hydrogen-bond donors (Lipinski definition) is 0. The number of hydrogen-bond acceptors (Lipinski definition) is 4. The maximum Gasteiger partial charge on any atom is 0.162 e. The number of carbonyl (C=O) groups excluding carboxylic acids is 1. The van der Waals surface area contributed by atoms with Crippen LogP contribution >= 0.6 is 0 Å². The molecule has 0 saturated carbocycles. The monoisotopic (exact) mass is 335 g/mol. The van der Waals surface area contributed by atoms with Crippen LogP contribution in [0.3, 0.4) is 0 Å². The Morgan fingerprint density at radius 3 is 2.67 bits per heavy atom. The van der Waals surface area contributed by atoms with E-state index in [1.165, 1.54) is 12.1 Å². The summed E-state index contributed by atoms with van der Waals surface area (Å²) in [5.74, 6) is 0.219. The molecule has 0 bridgehead atoms. The van der Waals surface area contributed by atoms with Gasteiger partial charge in [-0.25, -0.2) is 4.39 Å². The summed E-state index contributed by atoms with van der Waals surface area (Å²) in [5, 5.41) is 0. The van der Waals surface area contributed by atoms with Crippen molar-refractivity contribution in [3.63, 3.8) is 0 Å². The second-order valence-corrected chi connectivity index (χ2v) is 6.97. The molecule has 0 aliphatic carbocycles. The molecule has 2 heterocycles. The first-order valence-electron chi connectivity index (χ1n) is 8.82. The van der Waals surface area contributed by atoms with E-state index in [1.54, 1.807) is 12.1 Å². The van der Waals surface area contributed by atoms with Crippen LogP contribution in [0.5, 0.6) is 0 Å². The van der Waals surface area contributed by atoms with Gasteiger partial charge in [0.2, 0.25) is 0 Å². The first-order valence-corrected chi connectivity index (χ1v) is 8.82. The van der Waals surface area contributed by atoms with Crippen molar-refractivity contribution in [2.24, 2.45) is 5.92 Å². The lowest BCUT2D eigenvalue weighted by Crippen LogP contribution is -2.53. The summed E-state index contributed by atoms with van der Waals surface area (Å²) in [4.78, 5) is 14.5. The molecule has 0 N–H and O–H groups in total. The third-order valence-electron chi connectivity index (χ3n) is 5.44. The third kappa shape index (κ3) is 4.02. The minimum Gasteiger partial charge on any atom is -0.355 e. The molecule has 2 saturated heterocycles. The van der Waals surface area contributed by atoms with Gasteiger partial charge in [0.25, 0.3) is 0 Å². The SMILES string of the molecule is CC1COCOC12CCN(CCCC(=O)c1ccc(F)cc1)CC2. The molecular weight excluding hydrogens is 309 g/mol. The van der Waals surface area contributed by atoms with Crippen molar-refractivity contribution < 1.29 is 18.7 Å². The van der Waals surface area contributed by atoms with Gasteiger partial charge in [-0.2, -0.15) is 0 Å². The predicted molar refractivity (Wildman–Crippen MR) is 89.4 cm³/mol. The second kappa shape index (κ2) is 7.72. The fourth-order valence-electron chi connectivity index (χ4n) is 3.71. The van der Waals surface area contributed by atoms with Crippen molar-refractivity contribution in [2.75, 3.05) is 33.0 Å². The Bertz CT molecular complexity index is 552. The van der Waals surface area contributed by atoms with Gasteiger partial charge in [-0.15, -0.1) is 0 Å². The van der Waals surface area contributed by atoms with Crippen LogP contribution in [0.2, 0.25) is 0 Å².